The van der Waals surface area contributed by atoms with Crippen LogP contribution in [0, 0.1) is 0 Å². The summed E-state index contributed by atoms with van der Waals surface area (Å²) in [7, 11) is 0. The molecule has 22 heavy (non-hydrogen) atoms. The molecular formula is C15H30N4O3. The highest BCUT2D eigenvalue weighted by Crippen LogP contribution is 2.09. The summed E-state index contributed by atoms with van der Waals surface area (Å²) in [4.78, 5) is 11.6. The van der Waals surface area contributed by atoms with Gasteiger partial charge in [0.1, 0.15) is 12.2 Å². The van der Waals surface area contributed by atoms with E-state index in [9.17, 15) is 4.79 Å². The Morgan fingerprint density at radius 3 is 1.41 bits per heavy atom. The van der Waals surface area contributed by atoms with Crippen molar-refractivity contribution in [3.63, 3.8) is 0 Å². The molecule has 0 aliphatic carbocycles. The first-order valence-electron chi connectivity index (χ1n) is 7.53. The first-order chi connectivity index (χ1) is 9.89. The number of hydrogen-bond donors (Lipinski definition) is 0. The molecule has 0 spiro atoms. The van der Waals surface area contributed by atoms with Gasteiger partial charge in [0.25, 0.3) is 0 Å². The van der Waals surface area contributed by atoms with Gasteiger partial charge in [0, 0.05) is 0 Å². The van der Waals surface area contributed by atoms with E-state index < -0.39 is 6.16 Å². The monoisotopic (exact) mass is 314 g/mol. The molecule has 7 heteroatoms. The summed E-state index contributed by atoms with van der Waals surface area (Å²) in [6.07, 6.45) is -1.50. The predicted molar refractivity (Wildman–Crippen MR) is 85.4 cm³/mol. The van der Waals surface area contributed by atoms with Gasteiger partial charge in [-0.2, -0.15) is 20.5 Å². The van der Waals surface area contributed by atoms with Gasteiger partial charge in [-0.1, -0.05) is 0 Å². The van der Waals surface area contributed by atoms with Crippen LogP contribution in [-0.4, -0.2) is 42.5 Å². The summed E-state index contributed by atoms with van der Waals surface area (Å²) in [5, 5.41) is 16.2. The maximum atomic E-state index is 11.6. The molecule has 0 heterocycles. The normalized spacial score (nSPS) is 16.0. The number of hydrogen-bond acceptors (Lipinski definition) is 7. The van der Waals surface area contributed by atoms with Crippen molar-refractivity contribution in [1.29, 1.82) is 0 Å². The van der Waals surface area contributed by atoms with Crippen LogP contribution in [0.2, 0.25) is 0 Å². The molecule has 0 bridgehead atoms. The first-order valence-corrected chi connectivity index (χ1v) is 7.53. The average Bonchev–Trinajstić information content (AvgIpc) is 2.24. The summed E-state index contributed by atoms with van der Waals surface area (Å²) in [5.74, 6) is 0. The molecule has 0 N–H and O–H groups in total. The lowest BCUT2D eigenvalue weighted by Gasteiger charge is -2.15. The molecule has 7 nitrogen and oxygen atoms in total. The van der Waals surface area contributed by atoms with Crippen LogP contribution in [0.4, 0.5) is 4.79 Å². The number of carbonyl (C=O) groups is 1. The molecule has 2 atom stereocenters. The van der Waals surface area contributed by atoms with Crippen LogP contribution < -0.4 is 0 Å². The number of nitrogens with zero attached hydrogens (tertiary/aromatic N) is 4. The SMILES string of the molecule is CC(C/N=N/C(C)(C)C)OC(=O)OC(C)C/N=N/C(C)(C)C. The molecule has 0 aromatic carbocycles. The second-order valence-corrected chi connectivity index (χ2v) is 7.30. The van der Waals surface area contributed by atoms with Crippen molar-refractivity contribution in [2.75, 3.05) is 13.1 Å². The lowest BCUT2D eigenvalue weighted by molar-refractivity contribution is 0.0114. The number of ether oxygens (including phenoxy) is 2. The number of carbonyl (C=O) groups excluding carboxylic acids is 1. The van der Waals surface area contributed by atoms with Crippen LogP contribution in [0.3, 0.4) is 0 Å². The maximum absolute atomic E-state index is 11.6. The van der Waals surface area contributed by atoms with E-state index in [0.29, 0.717) is 13.1 Å². The molecule has 0 radical (unpaired) electrons. The third-order valence-corrected chi connectivity index (χ3v) is 2.01. The largest absolute Gasteiger partial charge is 0.508 e. The molecule has 0 aromatic heterocycles. The minimum atomic E-state index is -0.725. The van der Waals surface area contributed by atoms with Crippen LogP contribution in [-0.2, 0) is 9.47 Å². The van der Waals surface area contributed by atoms with Crippen LogP contribution in [0.5, 0.6) is 0 Å². The molecule has 0 aliphatic rings. The fourth-order valence-electron chi connectivity index (χ4n) is 1.17. The van der Waals surface area contributed by atoms with Gasteiger partial charge in [0.15, 0.2) is 0 Å². The average molecular weight is 314 g/mol. The highest BCUT2D eigenvalue weighted by atomic mass is 16.7. The quantitative estimate of drug-likeness (QED) is 0.537. The molecule has 0 saturated heterocycles. The van der Waals surface area contributed by atoms with Crippen molar-refractivity contribution >= 4 is 6.16 Å². The number of rotatable bonds is 6. The number of azo groups is 2. The van der Waals surface area contributed by atoms with E-state index in [4.69, 9.17) is 9.47 Å². The smallest absolute Gasteiger partial charge is 0.429 e. The van der Waals surface area contributed by atoms with Crippen molar-refractivity contribution < 1.29 is 14.3 Å². The van der Waals surface area contributed by atoms with Crippen molar-refractivity contribution in [3.8, 4) is 0 Å². The Morgan fingerprint density at radius 2 is 1.14 bits per heavy atom. The standard InChI is InChI=1S/C15H30N4O3/c1-11(9-16-18-14(3,4)5)21-13(20)22-12(2)10-17-19-15(6,7)8/h11-12H,9-10H2,1-8H3/b18-16+,19-17+. The zero-order chi connectivity index (χ0) is 17.4. The Hall–Kier alpha value is -1.53. The minimum Gasteiger partial charge on any atom is -0.429 e. The summed E-state index contributed by atoms with van der Waals surface area (Å²) < 4.78 is 10.2. The summed E-state index contributed by atoms with van der Waals surface area (Å²) in [5.41, 5.74) is -0.459. The van der Waals surface area contributed by atoms with Crippen LogP contribution >= 0.6 is 0 Å². The molecule has 0 fully saturated rings. The molecule has 0 aliphatic heterocycles. The Labute approximate surface area is 133 Å². The fourth-order valence-corrected chi connectivity index (χ4v) is 1.17. The lowest BCUT2D eigenvalue weighted by atomic mass is 10.1. The van der Waals surface area contributed by atoms with E-state index in [0.717, 1.165) is 0 Å². The third kappa shape index (κ3) is 13.5. The van der Waals surface area contributed by atoms with Crippen molar-refractivity contribution in [1.82, 2.24) is 0 Å². The maximum Gasteiger partial charge on any atom is 0.508 e. The molecule has 128 valence electrons. The minimum absolute atomic E-state index is 0.229. The lowest BCUT2D eigenvalue weighted by Crippen LogP contribution is -2.24. The van der Waals surface area contributed by atoms with Gasteiger partial charge in [-0.15, -0.1) is 0 Å². The van der Waals surface area contributed by atoms with E-state index in [1.165, 1.54) is 0 Å². The summed E-state index contributed by atoms with van der Waals surface area (Å²) in [6, 6.07) is 0. The van der Waals surface area contributed by atoms with Gasteiger partial charge >= 0.3 is 6.16 Å². The Balaban J connectivity index is 4.07. The van der Waals surface area contributed by atoms with Gasteiger partial charge in [0.2, 0.25) is 0 Å². The molecule has 0 rings (SSSR count). The molecule has 0 aromatic rings. The zero-order valence-electron chi connectivity index (χ0n) is 15.1. The highest BCUT2D eigenvalue weighted by molar-refractivity contribution is 5.60. The van der Waals surface area contributed by atoms with Crippen LogP contribution in [0.1, 0.15) is 55.4 Å². The van der Waals surface area contributed by atoms with Crippen LogP contribution in [0.25, 0.3) is 0 Å². The highest BCUT2D eigenvalue weighted by Gasteiger charge is 2.15. The van der Waals surface area contributed by atoms with Gasteiger partial charge < -0.3 is 9.47 Å². The second kappa shape index (κ2) is 8.80. The molecular weight excluding hydrogens is 284 g/mol. The first kappa shape index (κ1) is 20.5. The molecule has 0 amide bonds. The van der Waals surface area contributed by atoms with Gasteiger partial charge in [-0.3, -0.25) is 0 Å². The van der Waals surface area contributed by atoms with Crippen LogP contribution in [0.15, 0.2) is 20.5 Å². The topological polar surface area (TPSA) is 85.0 Å². The van der Waals surface area contributed by atoms with E-state index in [-0.39, 0.29) is 23.3 Å². The Kier molecular flexibility index (Phi) is 8.19. The molecule has 2 unspecified atom stereocenters. The second-order valence-electron chi connectivity index (χ2n) is 7.30. The summed E-state index contributed by atoms with van der Waals surface area (Å²) in [6.45, 7) is 15.8. The Bertz CT molecular complexity index is 359. The third-order valence-electron chi connectivity index (χ3n) is 2.01. The van der Waals surface area contributed by atoms with Crippen molar-refractivity contribution in [2.45, 2.75) is 78.7 Å². The van der Waals surface area contributed by atoms with Crippen molar-refractivity contribution in [2.24, 2.45) is 20.5 Å². The van der Waals surface area contributed by atoms with E-state index in [1.54, 1.807) is 13.8 Å². The van der Waals surface area contributed by atoms with E-state index >= 15 is 0 Å². The summed E-state index contributed by atoms with van der Waals surface area (Å²) >= 11 is 0. The Morgan fingerprint density at radius 1 is 0.818 bits per heavy atom. The predicted octanol–water partition coefficient (Wildman–Crippen LogP) is 4.42. The zero-order valence-corrected chi connectivity index (χ0v) is 15.1. The van der Waals surface area contributed by atoms with E-state index in [2.05, 4.69) is 20.5 Å². The van der Waals surface area contributed by atoms with Gasteiger partial charge in [-0.25, -0.2) is 4.79 Å². The fraction of sp³-hybridized carbons (Fsp3) is 0.933. The van der Waals surface area contributed by atoms with E-state index in [1.807, 2.05) is 41.5 Å². The van der Waals surface area contributed by atoms with Gasteiger partial charge in [0.05, 0.1) is 24.2 Å². The van der Waals surface area contributed by atoms with Gasteiger partial charge in [-0.05, 0) is 55.4 Å². The molecule has 0 saturated carbocycles. The van der Waals surface area contributed by atoms with Crippen molar-refractivity contribution in [3.05, 3.63) is 0 Å².